The molecule has 0 saturated heterocycles. The Morgan fingerprint density at radius 2 is 1.79 bits per heavy atom. The van der Waals surface area contributed by atoms with Gasteiger partial charge < -0.3 is 19.5 Å². The molecule has 8 heteroatoms. The van der Waals surface area contributed by atoms with Crippen LogP contribution in [0.25, 0.3) is 16.2 Å². The van der Waals surface area contributed by atoms with Crippen molar-refractivity contribution in [3.8, 4) is 28.5 Å². The van der Waals surface area contributed by atoms with Crippen LogP contribution in [0, 0.1) is 0 Å². The average molecular weight is 409 g/mol. The Balaban J connectivity index is 1.68. The van der Waals surface area contributed by atoms with Gasteiger partial charge in [0.25, 0.3) is 5.91 Å². The van der Waals surface area contributed by atoms with E-state index in [1.54, 1.807) is 23.5 Å². The number of thiazole rings is 1. The van der Waals surface area contributed by atoms with Gasteiger partial charge in [-0.25, -0.2) is 4.98 Å². The number of amides is 1. The number of methoxy groups -OCH3 is 3. The molecule has 2 heterocycles. The van der Waals surface area contributed by atoms with E-state index in [1.807, 2.05) is 46.4 Å². The number of carbonyl (C=O) groups is 1. The topological polar surface area (TPSA) is 74.1 Å². The maximum absolute atomic E-state index is 13.0. The van der Waals surface area contributed by atoms with E-state index in [9.17, 15) is 4.79 Å². The van der Waals surface area contributed by atoms with Crippen LogP contribution in [0.1, 0.15) is 10.4 Å². The second kappa shape index (κ2) is 7.84. The molecule has 0 aliphatic carbocycles. The molecule has 0 aliphatic rings. The summed E-state index contributed by atoms with van der Waals surface area (Å²) in [6.45, 7) is 0. The number of fused-ring (bicyclic) bond motifs is 1. The quantitative estimate of drug-likeness (QED) is 0.513. The molecule has 1 N–H and O–H groups in total. The van der Waals surface area contributed by atoms with Crippen molar-refractivity contribution >= 4 is 27.9 Å². The third-order valence-electron chi connectivity index (χ3n) is 4.47. The highest BCUT2D eigenvalue weighted by atomic mass is 32.1. The average Bonchev–Trinajstić information content (AvgIpc) is 3.35. The Hall–Kier alpha value is -3.52. The number of ether oxygens (including phenoxy) is 3. The van der Waals surface area contributed by atoms with Crippen molar-refractivity contribution in [1.82, 2.24) is 9.38 Å². The van der Waals surface area contributed by atoms with E-state index in [-0.39, 0.29) is 5.91 Å². The van der Waals surface area contributed by atoms with Gasteiger partial charge in [0.15, 0.2) is 16.5 Å². The minimum absolute atomic E-state index is 0.294. The Morgan fingerprint density at radius 1 is 1.07 bits per heavy atom. The Kier molecular flexibility index (Phi) is 5.09. The number of hydrogen-bond acceptors (Lipinski definition) is 6. The fourth-order valence-corrected chi connectivity index (χ4v) is 3.78. The molecule has 2 aromatic carbocycles. The summed E-state index contributed by atoms with van der Waals surface area (Å²) in [6.07, 6.45) is 3.89. The Morgan fingerprint density at radius 3 is 2.45 bits per heavy atom. The third-order valence-corrected chi connectivity index (χ3v) is 5.24. The van der Waals surface area contributed by atoms with Crippen LogP contribution >= 0.6 is 11.3 Å². The van der Waals surface area contributed by atoms with E-state index < -0.39 is 0 Å². The summed E-state index contributed by atoms with van der Waals surface area (Å²) in [5, 5.41) is 4.94. The number of hydrogen-bond donors (Lipinski definition) is 1. The van der Waals surface area contributed by atoms with Crippen LogP contribution in [-0.4, -0.2) is 36.6 Å². The molecular formula is C21H19N3O4S. The van der Waals surface area contributed by atoms with E-state index in [0.717, 1.165) is 16.2 Å². The van der Waals surface area contributed by atoms with Gasteiger partial charge >= 0.3 is 0 Å². The summed E-state index contributed by atoms with van der Waals surface area (Å²) in [4.78, 5) is 18.5. The number of aromatic nitrogens is 2. The van der Waals surface area contributed by atoms with Crippen molar-refractivity contribution < 1.29 is 19.0 Å². The lowest BCUT2D eigenvalue weighted by Gasteiger charge is -2.15. The third kappa shape index (κ3) is 3.50. The minimum atomic E-state index is -0.294. The maximum atomic E-state index is 13.0. The lowest BCUT2D eigenvalue weighted by Crippen LogP contribution is -2.13. The van der Waals surface area contributed by atoms with Crippen molar-refractivity contribution in [2.24, 2.45) is 0 Å². The van der Waals surface area contributed by atoms with Crippen molar-refractivity contribution in [2.75, 3.05) is 26.6 Å². The molecule has 29 heavy (non-hydrogen) atoms. The summed E-state index contributed by atoms with van der Waals surface area (Å²) in [7, 11) is 4.55. The molecule has 0 unspecified atom stereocenters. The lowest BCUT2D eigenvalue weighted by molar-refractivity contribution is 0.102. The summed E-state index contributed by atoms with van der Waals surface area (Å²) in [5.74, 6) is 0.974. The van der Waals surface area contributed by atoms with Crippen LogP contribution in [0.15, 0.2) is 54.2 Å². The van der Waals surface area contributed by atoms with Crippen molar-refractivity contribution in [1.29, 1.82) is 0 Å². The minimum Gasteiger partial charge on any atom is -0.493 e. The van der Waals surface area contributed by atoms with Gasteiger partial charge in [-0.1, -0.05) is 18.2 Å². The van der Waals surface area contributed by atoms with E-state index in [4.69, 9.17) is 14.2 Å². The van der Waals surface area contributed by atoms with Gasteiger partial charge in [-0.3, -0.25) is 9.20 Å². The van der Waals surface area contributed by atoms with Crippen LogP contribution in [-0.2, 0) is 0 Å². The Labute approximate surface area is 171 Å². The summed E-state index contributed by atoms with van der Waals surface area (Å²) >= 11 is 1.56. The SMILES string of the molecule is COc1cc(C(=O)Nc2ccccc2-c2cn3ccsc3n2)cc(OC)c1OC. The number of para-hydroxylation sites is 1. The van der Waals surface area contributed by atoms with E-state index in [2.05, 4.69) is 10.3 Å². The molecule has 2 aromatic heterocycles. The lowest BCUT2D eigenvalue weighted by atomic mass is 10.1. The van der Waals surface area contributed by atoms with Crippen LogP contribution < -0.4 is 19.5 Å². The highest BCUT2D eigenvalue weighted by Crippen LogP contribution is 2.38. The van der Waals surface area contributed by atoms with Crippen LogP contribution in [0.3, 0.4) is 0 Å². The molecule has 0 bridgehead atoms. The van der Waals surface area contributed by atoms with Crippen LogP contribution in [0.5, 0.6) is 17.2 Å². The van der Waals surface area contributed by atoms with Crippen molar-refractivity contribution in [2.45, 2.75) is 0 Å². The number of benzene rings is 2. The van der Waals surface area contributed by atoms with E-state index in [0.29, 0.717) is 28.5 Å². The second-order valence-corrected chi connectivity index (χ2v) is 7.01. The number of rotatable bonds is 6. The molecule has 0 spiro atoms. The van der Waals surface area contributed by atoms with Gasteiger partial charge in [0.05, 0.1) is 32.7 Å². The van der Waals surface area contributed by atoms with E-state index >= 15 is 0 Å². The normalized spacial score (nSPS) is 10.7. The maximum Gasteiger partial charge on any atom is 0.255 e. The molecule has 4 rings (SSSR count). The zero-order valence-corrected chi connectivity index (χ0v) is 16.9. The monoisotopic (exact) mass is 409 g/mol. The Bertz CT molecular complexity index is 1130. The number of anilines is 1. The van der Waals surface area contributed by atoms with Gasteiger partial charge in [-0.15, -0.1) is 11.3 Å². The predicted molar refractivity (Wildman–Crippen MR) is 113 cm³/mol. The predicted octanol–water partition coefficient (Wildman–Crippen LogP) is 4.34. The number of imidazole rings is 1. The molecule has 4 aromatic rings. The molecular weight excluding hydrogens is 390 g/mol. The van der Waals surface area contributed by atoms with Crippen molar-refractivity contribution in [3.63, 3.8) is 0 Å². The van der Waals surface area contributed by atoms with Crippen LogP contribution in [0.4, 0.5) is 5.69 Å². The molecule has 0 atom stereocenters. The van der Waals surface area contributed by atoms with Gasteiger partial charge in [-0.2, -0.15) is 0 Å². The standard InChI is InChI=1S/C21H19N3O4S/c1-26-17-10-13(11-18(27-2)19(17)28-3)20(25)22-15-7-5-4-6-14(15)16-12-24-8-9-29-21(24)23-16/h4-12H,1-3H3,(H,22,25). The summed E-state index contributed by atoms with van der Waals surface area (Å²) < 4.78 is 18.0. The number of nitrogens with zero attached hydrogens (tertiary/aromatic N) is 2. The van der Waals surface area contributed by atoms with Gasteiger partial charge in [-0.05, 0) is 18.2 Å². The van der Waals surface area contributed by atoms with Gasteiger partial charge in [0.1, 0.15) is 0 Å². The van der Waals surface area contributed by atoms with Gasteiger partial charge in [0, 0.05) is 28.9 Å². The van der Waals surface area contributed by atoms with Crippen LogP contribution in [0.2, 0.25) is 0 Å². The fourth-order valence-electron chi connectivity index (χ4n) is 3.08. The molecule has 0 fully saturated rings. The molecule has 7 nitrogen and oxygen atoms in total. The molecule has 0 radical (unpaired) electrons. The zero-order chi connectivity index (χ0) is 20.4. The second-order valence-electron chi connectivity index (χ2n) is 6.13. The largest absolute Gasteiger partial charge is 0.493 e. The van der Waals surface area contributed by atoms with E-state index in [1.165, 1.54) is 21.3 Å². The molecule has 1 amide bonds. The first-order valence-corrected chi connectivity index (χ1v) is 9.65. The smallest absolute Gasteiger partial charge is 0.255 e. The molecule has 0 saturated carbocycles. The first-order chi connectivity index (χ1) is 14.1. The molecule has 148 valence electrons. The molecule has 0 aliphatic heterocycles. The summed E-state index contributed by atoms with van der Waals surface area (Å²) in [5.41, 5.74) is 2.68. The number of nitrogens with one attached hydrogen (secondary N) is 1. The fraction of sp³-hybridized carbons (Fsp3) is 0.143. The van der Waals surface area contributed by atoms with Crippen molar-refractivity contribution in [3.05, 3.63) is 59.7 Å². The zero-order valence-electron chi connectivity index (χ0n) is 16.1. The highest BCUT2D eigenvalue weighted by molar-refractivity contribution is 7.15. The summed E-state index contributed by atoms with van der Waals surface area (Å²) in [6, 6.07) is 10.8. The highest BCUT2D eigenvalue weighted by Gasteiger charge is 2.18. The first-order valence-electron chi connectivity index (χ1n) is 8.77. The first kappa shape index (κ1) is 18.8. The van der Waals surface area contributed by atoms with Gasteiger partial charge in [0.2, 0.25) is 5.75 Å². The number of carbonyl (C=O) groups excluding carboxylic acids is 1.